The lowest BCUT2D eigenvalue weighted by Gasteiger charge is -2.25. The Bertz CT molecular complexity index is 719. The van der Waals surface area contributed by atoms with E-state index in [-0.39, 0.29) is 18.2 Å². The number of amides is 2. The third kappa shape index (κ3) is 5.33. The average molecular weight is 359 g/mol. The zero-order valence-electron chi connectivity index (χ0n) is 14.6. The monoisotopic (exact) mass is 358 g/mol. The van der Waals surface area contributed by atoms with Gasteiger partial charge in [0.1, 0.15) is 0 Å². The molecule has 0 heterocycles. The molecule has 25 heavy (non-hydrogen) atoms. The number of carbonyl (C=O) groups is 2. The fourth-order valence-corrected chi connectivity index (χ4v) is 2.90. The Morgan fingerprint density at radius 2 is 1.64 bits per heavy atom. The lowest BCUT2D eigenvalue weighted by atomic mass is 10.2. The lowest BCUT2D eigenvalue weighted by Crippen LogP contribution is -2.36. The van der Waals surface area contributed by atoms with Crippen molar-refractivity contribution in [3.05, 3.63) is 65.2 Å². The maximum atomic E-state index is 12.6. The quantitative estimate of drug-likeness (QED) is 0.746. The molecule has 2 aromatic rings. The highest BCUT2D eigenvalue weighted by atomic mass is 35.5. The van der Waals surface area contributed by atoms with Gasteiger partial charge in [0.15, 0.2) is 0 Å². The minimum Gasteiger partial charge on any atom is -0.339 e. The second kappa shape index (κ2) is 9.23. The van der Waals surface area contributed by atoms with E-state index in [1.165, 1.54) is 6.92 Å². The summed E-state index contributed by atoms with van der Waals surface area (Å²) >= 11 is 6.19. The Hall–Kier alpha value is -2.33. The molecular formula is C20H23ClN2O2. The minimum atomic E-state index is -0.132. The summed E-state index contributed by atoms with van der Waals surface area (Å²) in [7, 11) is 0. The van der Waals surface area contributed by atoms with E-state index in [1.54, 1.807) is 21.9 Å². The first-order valence-corrected chi connectivity index (χ1v) is 8.75. The standard InChI is InChI=1S/C20H23ClN2O2/c1-3-22(15-17-9-5-4-6-10-17)20(25)13-14-23(16(2)24)19-12-8-7-11-18(19)21/h4-12H,3,13-15H2,1-2H3. The predicted octanol–water partition coefficient (Wildman–Crippen LogP) is 4.13. The Morgan fingerprint density at radius 3 is 2.24 bits per heavy atom. The van der Waals surface area contributed by atoms with E-state index >= 15 is 0 Å². The van der Waals surface area contributed by atoms with Crippen molar-refractivity contribution in [1.29, 1.82) is 0 Å². The number of halogens is 1. The number of rotatable bonds is 7. The maximum Gasteiger partial charge on any atom is 0.224 e. The molecule has 0 radical (unpaired) electrons. The molecule has 0 saturated heterocycles. The third-order valence-electron chi connectivity index (χ3n) is 4.02. The number of anilines is 1. The highest BCUT2D eigenvalue weighted by Crippen LogP contribution is 2.25. The van der Waals surface area contributed by atoms with Crippen LogP contribution in [0.25, 0.3) is 0 Å². The summed E-state index contributed by atoms with van der Waals surface area (Å²) in [6.07, 6.45) is 0.255. The molecule has 0 aromatic heterocycles. The number of para-hydroxylation sites is 1. The van der Waals surface area contributed by atoms with Crippen molar-refractivity contribution in [3.63, 3.8) is 0 Å². The number of benzene rings is 2. The SMILES string of the molecule is CCN(Cc1ccccc1)C(=O)CCN(C(C)=O)c1ccccc1Cl. The van der Waals surface area contributed by atoms with E-state index in [1.807, 2.05) is 49.4 Å². The number of carbonyl (C=O) groups excluding carboxylic acids is 2. The molecule has 132 valence electrons. The zero-order chi connectivity index (χ0) is 18.2. The van der Waals surface area contributed by atoms with Crippen LogP contribution in [0.15, 0.2) is 54.6 Å². The van der Waals surface area contributed by atoms with Crippen molar-refractivity contribution >= 4 is 29.1 Å². The van der Waals surface area contributed by atoms with E-state index in [2.05, 4.69) is 0 Å². The molecule has 0 bridgehead atoms. The first-order chi connectivity index (χ1) is 12.0. The molecule has 4 nitrogen and oxygen atoms in total. The molecule has 0 aliphatic carbocycles. The van der Waals surface area contributed by atoms with Crippen molar-refractivity contribution in [1.82, 2.24) is 4.90 Å². The molecule has 0 spiro atoms. The second-order valence-electron chi connectivity index (χ2n) is 5.77. The van der Waals surface area contributed by atoms with Gasteiger partial charge in [-0.2, -0.15) is 0 Å². The lowest BCUT2D eigenvalue weighted by molar-refractivity contribution is -0.131. The first kappa shape index (κ1) is 19.0. The number of nitrogens with zero attached hydrogens (tertiary/aromatic N) is 2. The Labute approximate surface area is 154 Å². The highest BCUT2D eigenvalue weighted by molar-refractivity contribution is 6.33. The fraction of sp³-hybridized carbons (Fsp3) is 0.300. The Kier molecular flexibility index (Phi) is 7.02. The fourth-order valence-electron chi connectivity index (χ4n) is 2.66. The zero-order valence-corrected chi connectivity index (χ0v) is 15.4. The molecule has 0 aliphatic rings. The molecule has 5 heteroatoms. The van der Waals surface area contributed by atoms with Gasteiger partial charge in [-0.05, 0) is 24.6 Å². The summed E-state index contributed by atoms with van der Waals surface area (Å²) < 4.78 is 0. The summed E-state index contributed by atoms with van der Waals surface area (Å²) in [6.45, 7) is 4.94. The van der Waals surface area contributed by atoms with Crippen molar-refractivity contribution < 1.29 is 9.59 Å². The molecule has 0 fully saturated rings. The molecule has 0 saturated carbocycles. The first-order valence-electron chi connectivity index (χ1n) is 8.37. The van der Waals surface area contributed by atoms with E-state index in [0.717, 1.165) is 5.56 Å². The van der Waals surface area contributed by atoms with Gasteiger partial charge in [0, 0.05) is 33.0 Å². The summed E-state index contributed by atoms with van der Waals surface area (Å²) in [4.78, 5) is 27.9. The van der Waals surface area contributed by atoms with Crippen LogP contribution in [0.1, 0.15) is 25.8 Å². The number of hydrogen-bond acceptors (Lipinski definition) is 2. The van der Waals surface area contributed by atoms with Gasteiger partial charge in [-0.1, -0.05) is 54.1 Å². The summed E-state index contributed by atoms with van der Waals surface area (Å²) in [5.41, 5.74) is 1.72. The van der Waals surface area contributed by atoms with E-state index in [0.29, 0.717) is 30.3 Å². The number of hydrogen-bond donors (Lipinski definition) is 0. The van der Waals surface area contributed by atoms with E-state index < -0.39 is 0 Å². The van der Waals surface area contributed by atoms with Crippen LogP contribution in [-0.4, -0.2) is 29.8 Å². The van der Waals surface area contributed by atoms with Crippen LogP contribution in [0, 0.1) is 0 Å². The van der Waals surface area contributed by atoms with Gasteiger partial charge in [0.25, 0.3) is 0 Å². The Morgan fingerprint density at radius 1 is 1.00 bits per heavy atom. The molecule has 0 atom stereocenters. The third-order valence-corrected chi connectivity index (χ3v) is 4.34. The van der Waals surface area contributed by atoms with Gasteiger partial charge in [0.2, 0.25) is 11.8 Å². The molecular weight excluding hydrogens is 336 g/mol. The summed E-state index contributed by atoms with van der Waals surface area (Å²) in [5, 5.41) is 0.502. The van der Waals surface area contributed by atoms with Crippen LogP contribution in [-0.2, 0) is 16.1 Å². The van der Waals surface area contributed by atoms with Crippen LogP contribution in [0.3, 0.4) is 0 Å². The predicted molar refractivity (Wildman–Crippen MR) is 102 cm³/mol. The van der Waals surface area contributed by atoms with Crippen molar-refractivity contribution in [2.45, 2.75) is 26.8 Å². The topological polar surface area (TPSA) is 40.6 Å². The van der Waals surface area contributed by atoms with Crippen LogP contribution in [0.2, 0.25) is 5.02 Å². The van der Waals surface area contributed by atoms with E-state index in [4.69, 9.17) is 11.6 Å². The van der Waals surface area contributed by atoms with Crippen LogP contribution in [0.5, 0.6) is 0 Å². The van der Waals surface area contributed by atoms with E-state index in [9.17, 15) is 9.59 Å². The van der Waals surface area contributed by atoms with Gasteiger partial charge in [-0.15, -0.1) is 0 Å². The molecule has 0 aliphatic heterocycles. The molecule has 2 rings (SSSR count). The second-order valence-corrected chi connectivity index (χ2v) is 6.17. The molecule has 0 N–H and O–H groups in total. The molecule has 2 aromatic carbocycles. The maximum absolute atomic E-state index is 12.6. The van der Waals surface area contributed by atoms with Gasteiger partial charge < -0.3 is 9.80 Å². The van der Waals surface area contributed by atoms with Gasteiger partial charge in [0.05, 0.1) is 10.7 Å². The highest BCUT2D eigenvalue weighted by Gasteiger charge is 2.18. The normalized spacial score (nSPS) is 10.4. The summed E-state index contributed by atoms with van der Waals surface area (Å²) in [6, 6.07) is 17.0. The molecule has 2 amide bonds. The smallest absolute Gasteiger partial charge is 0.224 e. The average Bonchev–Trinajstić information content (AvgIpc) is 2.61. The van der Waals surface area contributed by atoms with Crippen molar-refractivity contribution in [3.8, 4) is 0 Å². The largest absolute Gasteiger partial charge is 0.339 e. The minimum absolute atomic E-state index is 0.0182. The van der Waals surface area contributed by atoms with Gasteiger partial charge in [-0.25, -0.2) is 0 Å². The van der Waals surface area contributed by atoms with Gasteiger partial charge in [-0.3, -0.25) is 9.59 Å². The van der Waals surface area contributed by atoms with Crippen molar-refractivity contribution in [2.75, 3.05) is 18.0 Å². The Balaban J connectivity index is 2.02. The molecule has 0 unspecified atom stereocenters. The van der Waals surface area contributed by atoms with Crippen LogP contribution >= 0.6 is 11.6 Å². The van der Waals surface area contributed by atoms with Gasteiger partial charge >= 0.3 is 0 Å². The van der Waals surface area contributed by atoms with Crippen molar-refractivity contribution in [2.24, 2.45) is 0 Å². The summed E-state index contributed by atoms with van der Waals surface area (Å²) in [5.74, 6) is -0.114. The van der Waals surface area contributed by atoms with Crippen LogP contribution < -0.4 is 4.90 Å². The van der Waals surface area contributed by atoms with Crippen LogP contribution in [0.4, 0.5) is 5.69 Å².